The average Bonchev–Trinajstić information content (AvgIpc) is 3.07. The summed E-state index contributed by atoms with van der Waals surface area (Å²) in [6.07, 6.45) is 0.182. The molecule has 0 spiro atoms. The summed E-state index contributed by atoms with van der Waals surface area (Å²) in [5.41, 5.74) is 1.76. The Balaban J connectivity index is 1.98. The van der Waals surface area contributed by atoms with Crippen LogP contribution in [0.1, 0.15) is 35.1 Å². The predicted octanol–water partition coefficient (Wildman–Crippen LogP) is 2.75. The van der Waals surface area contributed by atoms with Gasteiger partial charge in [-0.05, 0) is 36.1 Å². The Morgan fingerprint density at radius 3 is 2.18 bits per heavy atom. The molecule has 0 aliphatic carbocycles. The molecule has 33 heavy (non-hydrogen) atoms. The van der Waals surface area contributed by atoms with Crippen LogP contribution in [0.5, 0.6) is 0 Å². The zero-order valence-electron chi connectivity index (χ0n) is 18.7. The normalized spacial score (nSPS) is 17.3. The molecule has 1 saturated heterocycles. The molecule has 1 fully saturated rings. The van der Waals surface area contributed by atoms with Crippen LogP contribution in [0, 0.1) is 36.5 Å². The maximum absolute atomic E-state index is 13.8. The highest BCUT2D eigenvalue weighted by atomic mass is 16.2. The first-order chi connectivity index (χ1) is 15.8. The first-order valence-corrected chi connectivity index (χ1v) is 10.6. The summed E-state index contributed by atoms with van der Waals surface area (Å²) in [5, 5.41) is 20.6. The number of amides is 4. The summed E-state index contributed by atoms with van der Waals surface area (Å²) in [6.45, 7) is 3.68. The van der Waals surface area contributed by atoms with Crippen LogP contribution in [-0.4, -0.2) is 47.3 Å². The van der Waals surface area contributed by atoms with Crippen molar-refractivity contribution in [1.29, 1.82) is 10.5 Å². The van der Waals surface area contributed by atoms with Crippen molar-refractivity contribution in [2.24, 2.45) is 0 Å². The van der Waals surface area contributed by atoms with Gasteiger partial charge in [-0.15, -0.1) is 0 Å². The fraction of sp³-hybridized carbons (Fsp3) is 0.320. The molecule has 2 aromatic carbocycles. The van der Waals surface area contributed by atoms with E-state index < -0.39 is 29.9 Å². The number of aryl methyl sites for hydroxylation is 2. The monoisotopic (exact) mass is 443 g/mol. The van der Waals surface area contributed by atoms with Gasteiger partial charge in [-0.2, -0.15) is 10.5 Å². The van der Waals surface area contributed by atoms with Crippen molar-refractivity contribution >= 4 is 17.8 Å². The number of imide groups is 1. The molecule has 2 aromatic rings. The van der Waals surface area contributed by atoms with Crippen LogP contribution in [0.3, 0.4) is 0 Å². The lowest BCUT2D eigenvalue weighted by atomic mass is 9.81. The van der Waals surface area contributed by atoms with Gasteiger partial charge >= 0.3 is 6.03 Å². The molecule has 1 heterocycles. The summed E-state index contributed by atoms with van der Waals surface area (Å²) in [6, 6.07) is 17.8. The minimum atomic E-state index is -1.46. The zero-order chi connectivity index (χ0) is 24.0. The molecule has 1 N–H and O–H groups in total. The Labute approximate surface area is 193 Å². The lowest BCUT2D eigenvalue weighted by molar-refractivity contribution is -0.138. The maximum atomic E-state index is 13.8. The van der Waals surface area contributed by atoms with E-state index in [1.807, 2.05) is 50.3 Å². The van der Waals surface area contributed by atoms with Crippen molar-refractivity contribution in [2.45, 2.75) is 32.2 Å². The molecule has 0 bridgehead atoms. The number of urea groups is 1. The molecule has 8 nitrogen and oxygen atoms in total. The zero-order valence-corrected chi connectivity index (χ0v) is 18.7. The van der Waals surface area contributed by atoms with Gasteiger partial charge in [0.2, 0.25) is 5.91 Å². The van der Waals surface area contributed by atoms with Gasteiger partial charge in [-0.1, -0.05) is 48.5 Å². The maximum Gasteiger partial charge on any atom is 0.326 e. The Morgan fingerprint density at radius 2 is 1.61 bits per heavy atom. The third-order valence-corrected chi connectivity index (χ3v) is 5.89. The summed E-state index contributed by atoms with van der Waals surface area (Å²) in [4.78, 5) is 42.0. The van der Waals surface area contributed by atoms with Crippen molar-refractivity contribution in [3.8, 4) is 12.1 Å². The molecule has 1 aliphatic heterocycles. The second kappa shape index (κ2) is 9.97. The van der Waals surface area contributed by atoms with Crippen LogP contribution >= 0.6 is 0 Å². The van der Waals surface area contributed by atoms with Crippen molar-refractivity contribution < 1.29 is 14.4 Å². The molecule has 1 atom stereocenters. The fourth-order valence-electron chi connectivity index (χ4n) is 3.91. The van der Waals surface area contributed by atoms with Crippen LogP contribution in [-0.2, 0) is 15.1 Å². The number of hydrogen-bond donors (Lipinski definition) is 1. The van der Waals surface area contributed by atoms with Crippen LogP contribution in [0.4, 0.5) is 4.79 Å². The Bertz CT molecular complexity index is 1130. The number of benzene rings is 2. The Kier molecular flexibility index (Phi) is 7.10. The molecular weight excluding hydrogens is 418 g/mol. The lowest BCUT2D eigenvalue weighted by Crippen LogP contribution is -2.47. The average molecular weight is 444 g/mol. The molecule has 168 valence electrons. The Morgan fingerprint density at radius 1 is 0.970 bits per heavy atom. The highest BCUT2D eigenvalue weighted by Crippen LogP contribution is 2.36. The van der Waals surface area contributed by atoms with Crippen molar-refractivity contribution in [1.82, 2.24) is 15.1 Å². The van der Waals surface area contributed by atoms with E-state index in [9.17, 15) is 14.4 Å². The van der Waals surface area contributed by atoms with Crippen LogP contribution < -0.4 is 5.32 Å². The third-order valence-electron chi connectivity index (χ3n) is 5.89. The number of nitrogens with one attached hydrogen (secondary N) is 1. The summed E-state index contributed by atoms with van der Waals surface area (Å²) >= 11 is 0. The number of nitriles is 2. The van der Waals surface area contributed by atoms with Gasteiger partial charge in [0.25, 0.3) is 5.91 Å². The standard InChI is InChI=1S/C25H25N5O3/c1-18-10-11-21(16-19(18)2)25(20-8-4-3-5-9-20)23(32)30(24(33)28-25)17-22(31)29(14-6-12-26)15-7-13-27/h3-5,8-11,16H,6-7,14-15,17H2,1-2H3,(H,28,33). The summed E-state index contributed by atoms with van der Waals surface area (Å²) in [5.74, 6) is -1.04. The van der Waals surface area contributed by atoms with Gasteiger partial charge in [0.05, 0.1) is 25.0 Å². The van der Waals surface area contributed by atoms with Crippen LogP contribution in [0.2, 0.25) is 0 Å². The van der Waals surface area contributed by atoms with Crippen LogP contribution in [0.25, 0.3) is 0 Å². The molecule has 0 saturated carbocycles. The summed E-state index contributed by atoms with van der Waals surface area (Å²) in [7, 11) is 0. The Hall–Kier alpha value is -4.17. The van der Waals surface area contributed by atoms with E-state index in [0.29, 0.717) is 11.1 Å². The van der Waals surface area contributed by atoms with E-state index in [1.54, 1.807) is 24.3 Å². The highest BCUT2D eigenvalue weighted by molar-refractivity contribution is 6.11. The van der Waals surface area contributed by atoms with Crippen molar-refractivity contribution in [2.75, 3.05) is 19.6 Å². The SMILES string of the molecule is Cc1ccc(C2(c3ccccc3)NC(=O)N(CC(=O)N(CCC#N)CCC#N)C2=O)cc1C. The molecule has 8 heteroatoms. The minimum Gasteiger partial charge on any atom is -0.339 e. The van der Waals surface area contributed by atoms with Gasteiger partial charge in [0.15, 0.2) is 5.54 Å². The fourth-order valence-corrected chi connectivity index (χ4v) is 3.91. The van der Waals surface area contributed by atoms with Gasteiger partial charge in [-0.25, -0.2) is 4.79 Å². The van der Waals surface area contributed by atoms with Crippen LogP contribution in [0.15, 0.2) is 48.5 Å². The van der Waals surface area contributed by atoms with Gasteiger partial charge in [0.1, 0.15) is 6.54 Å². The predicted molar refractivity (Wildman–Crippen MR) is 120 cm³/mol. The number of carbonyl (C=O) groups excluding carboxylic acids is 3. The van der Waals surface area contributed by atoms with E-state index >= 15 is 0 Å². The van der Waals surface area contributed by atoms with E-state index in [-0.39, 0.29) is 25.9 Å². The number of nitrogens with zero attached hydrogens (tertiary/aromatic N) is 4. The first-order valence-electron chi connectivity index (χ1n) is 10.6. The number of carbonyl (C=O) groups is 3. The molecule has 4 amide bonds. The van der Waals surface area contributed by atoms with Gasteiger partial charge < -0.3 is 10.2 Å². The number of rotatable bonds is 8. The second-order valence-electron chi connectivity index (χ2n) is 7.93. The molecule has 0 aromatic heterocycles. The quantitative estimate of drug-likeness (QED) is 0.630. The number of hydrogen-bond acceptors (Lipinski definition) is 5. The largest absolute Gasteiger partial charge is 0.339 e. The third kappa shape index (κ3) is 4.56. The first kappa shape index (κ1) is 23.5. The molecular formula is C25H25N5O3. The van der Waals surface area contributed by atoms with Crippen molar-refractivity contribution in [3.05, 3.63) is 70.8 Å². The van der Waals surface area contributed by atoms with E-state index in [4.69, 9.17) is 10.5 Å². The van der Waals surface area contributed by atoms with E-state index in [0.717, 1.165) is 16.0 Å². The topological polar surface area (TPSA) is 117 Å². The summed E-state index contributed by atoms with van der Waals surface area (Å²) < 4.78 is 0. The second-order valence-corrected chi connectivity index (χ2v) is 7.93. The van der Waals surface area contributed by atoms with Gasteiger partial charge in [-0.3, -0.25) is 14.5 Å². The molecule has 1 unspecified atom stereocenters. The van der Waals surface area contributed by atoms with E-state index in [2.05, 4.69) is 5.32 Å². The van der Waals surface area contributed by atoms with E-state index in [1.165, 1.54) is 4.90 Å². The molecule has 0 radical (unpaired) electrons. The lowest BCUT2D eigenvalue weighted by Gasteiger charge is -2.29. The van der Waals surface area contributed by atoms with Crippen molar-refractivity contribution in [3.63, 3.8) is 0 Å². The molecule has 3 rings (SSSR count). The minimum absolute atomic E-state index is 0.0912. The van der Waals surface area contributed by atoms with Gasteiger partial charge in [0, 0.05) is 13.1 Å². The molecule has 1 aliphatic rings. The highest BCUT2D eigenvalue weighted by Gasteiger charge is 2.54. The smallest absolute Gasteiger partial charge is 0.326 e.